The molecule has 0 aromatic heterocycles. The van der Waals surface area contributed by atoms with Crippen molar-refractivity contribution in [3.63, 3.8) is 0 Å². The molecule has 1 saturated heterocycles. The zero-order chi connectivity index (χ0) is 18.7. The number of hydrogen-bond donors (Lipinski definition) is 2. The van der Waals surface area contributed by atoms with Crippen molar-refractivity contribution < 1.29 is 16.8 Å². The van der Waals surface area contributed by atoms with Gasteiger partial charge in [0.15, 0.2) is 0 Å². The average molecular weight is 426 g/mol. The Morgan fingerprint density at radius 3 is 2.35 bits per heavy atom. The summed E-state index contributed by atoms with van der Waals surface area (Å²) in [5.41, 5.74) is 6.17. The second-order valence-electron chi connectivity index (χ2n) is 6.56. The number of piperidine rings is 1. The fraction of sp³-hybridized carbons (Fsp3) is 0.625. The van der Waals surface area contributed by atoms with E-state index in [0.717, 1.165) is 19.3 Å². The highest BCUT2D eigenvalue weighted by atomic mass is 35.5. The van der Waals surface area contributed by atoms with Crippen LogP contribution in [0.25, 0.3) is 0 Å². The van der Waals surface area contributed by atoms with Crippen molar-refractivity contribution in [2.75, 3.05) is 19.6 Å². The van der Waals surface area contributed by atoms with Crippen LogP contribution in [0.3, 0.4) is 0 Å². The molecule has 26 heavy (non-hydrogen) atoms. The summed E-state index contributed by atoms with van der Waals surface area (Å²) in [6.07, 6.45) is 3.18. The summed E-state index contributed by atoms with van der Waals surface area (Å²) in [6, 6.07) is 4.11. The van der Waals surface area contributed by atoms with Gasteiger partial charge in [-0.2, -0.15) is 4.31 Å². The lowest BCUT2D eigenvalue weighted by Crippen LogP contribution is -2.36. The van der Waals surface area contributed by atoms with E-state index in [9.17, 15) is 16.8 Å². The van der Waals surface area contributed by atoms with Crippen molar-refractivity contribution in [1.82, 2.24) is 9.03 Å². The molecule has 0 bridgehead atoms. The van der Waals surface area contributed by atoms with E-state index in [1.807, 2.05) is 0 Å². The van der Waals surface area contributed by atoms with E-state index in [1.165, 1.54) is 22.5 Å². The number of hydrogen-bond acceptors (Lipinski definition) is 5. The fourth-order valence-electron chi connectivity index (χ4n) is 2.77. The Labute approximate surface area is 162 Å². The Balaban J connectivity index is 0.00000338. The predicted octanol–water partition coefficient (Wildman–Crippen LogP) is 1.61. The van der Waals surface area contributed by atoms with Crippen LogP contribution in [-0.4, -0.2) is 46.8 Å². The van der Waals surface area contributed by atoms with Crippen molar-refractivity contribution in [2.24, 2.45) is 5.73 Å². The van der Waals surface area contributed by atoms with Crippen LogP contribution in [0.1, 0.15) is 38.2 Å². The lowest BCUT2D eigenvalue weighted by atomic mass is 10.2. The van der Waals surface area contributed by atoms with Crippen LogP contribution in [0.4, 0.5) is 0 Å². The largest absolute Gasteiger partial charge is 0.328 e. The SMILES string of the molecule is Cc1ccc(S(=O)(=O)NCCC(C)N)cc1S(=O)(=O)N1CCCCC1.Cl. The van der Waals surface area contributed by atoms with E-state index in [2.05, 4.69) is 4.72 Å². The van der Waals surface area contributed by atoms with Gasteiger partial charge >= 0.3 is 0 Å². The van der Waals surface area contributed by atoms with Crippen LogP contribution in [0.2, 0.25) is 0 Å². The molecular formula is C16H28ClN3O4S2. The second kappa shape index (κ2) is 9.48. The Morgan fingerprint density at radius 1 is 1.15 bits per heavy atom. The molecule has 1 fully saturated rings. The molecule has 2 rings (SSSR count). The van der Waals surface area contributed by atoms with Gasteiger partial charge in [-0.15, -0.1) is 12.4 Å². The van der Waals surface area contributed by atoms with Gasteiger partial charge in [-0.05, 0) is 50.8 Å². The van der Waals surface area contributed by atoms with Crippen LogP contribution < -0.4 is 10.5 Å². The third-order valence-corrected chi connectivity index (χ3v) is 7.79. The van der Waals surface area contributed by atoms with E-state index in [-0.39, 0.29) is 34.8 Å². The lowest BCUT2D eigenvalue weighted by molar-refractivity contribution is 0.346. The molecule has 0 spiro atoms. The van der Waals surface area contributed by atoms with Crippen molar-refractivity contribution in [3.8, 4) is 0 Å². The Bertz CT molecular complexity index is 805. The molecule has 1 aliphatic rings. The van der Waals surface area contributed by atoms with E-state index in [0.29, 0.717) is 25.1 Å². The molecule has 1 aromatic rings. The number of sulfonamides is 2. The molecule has 1 unspecified atom stereocenters. The maximum Gasteiger partial charge on any atom is 0.243 e. The van der Waals surface area contributed by atoms with E-state index in [4.69, 9.17) is 5.73 Å². The third kappa shape index (κ3) is 5.64. The molecule has 3 N–H and O–H groups in total. The van der Waals surface area contributed by atoms with Crippen LogP contribution in [-0.2, 0) is 20.0 Å². The smallest absolute Gasteiger partial charge is 0.243 e. The molecule has 150 valence electrons. The van der Waals surface area contributed by atoms with Gasteiger partial charge < -0.3 is 5.73 Å². The lowest BCUT2D eigenvalue weighted by Gasteiger charge is -2.26. The van der Waals surface area contributed by atoms with Gasteiger partial charge in [0.2, 0.25) is 20.0 Å². The number of nitrogens with zero attached hydrogens (tertiary/aromatic N) is 1. The Kier molecular flexibility index (Phi) is 8.50. The van der Waals surface area contributed by atoms with E-state index >= 15 is 0 Å². The number of benzene rings is 1. The van der Waals surface area contributed by atoms with Gasteiger partial charge in [0.25, 0.3) is 0 Å². The van der Waals surface area contributed by atoms with Gasteiger partial charge in [0.05, 0.1) is 9.79 Å². The quantitative estimate of drug-likeness (QED) is 0.689. The standard InChI is InChI=1S/C16H27N3O4S2.ClH/c1-13-6-7-15(24(20,21)18-9-8-14(2)17)12-16(13)25(22,23)19-10-4-3-5-11-19;/h6-7,12,14,18H,3-5,8-11,17H2,1-2H3;1H. The Hall–Kier alpha value is -0.710. The van der Waals surface area contributed by atoms with Crippen LogP contribution >= 0.6 is 12.4 Å². The highest BCUT2D eigenvalue weighted by molar-refractivity contribution is 7.90. The van der Waals surface area contributed by atoms with Gasteiger partial charge in [0, 0.05) is 25.7 Å². The second-order valence-corrected chi connectivity index (χ2v) is 10.2. The predicted molar refractivity (Wildman–Crippen MR) is 104 cm³/mol. The molecule has 1 aromatic carbocycles. The molecule has 7 nitrogen and oxygen atoms in total. The first-order chi connectivity index (χ1) is 11.6. The van der Waals surface area contributed by atoms with Crippen LogP contribution in [0.5, 0.6) is 0 Å². The van der Waals surface area contributed by atoms with Crippen molar-refractivity contribution >= 4 is 32.5 Å². The monoisotopic (exact) mass is 425 g/mol. The highest BCUT2D eigenvalue weighted by Gasteiger charge is 2.28. The number of rotatable bonds is 7. The highest BCUT2D eigenvalue weighted by Crippen LogP contribution is 2.25. The van der Waals surface area contributed by atoms with Crippen molar-refractivity contribution in [3.05, 3.63) is 23.8 Å². The molecule has 0 radical (unpaired) electrons. The van der Waals surface area contributed by atoms with Gasteiger partial charge in [0.1, 0.15) is 0 Å². The summed E-state index contributed by atoms with van der Waals surface area (Å²) in [6.45, 7) is 4.64. The minimum atomic E-state index is -3.77. The summed E-state index contributed by atoms with van der Waals surface area (Å²) in [7, 11) is -7.46. The molecule has 0 aliphatic carbocycles. The maximum atomic E-state index is 12.9. The average Bonchev–Trinajstić information content (AvgIpc) is 2.55. The van der Waals surface area contributed by atoms with E-state index < -0.39 is 20.0 Å². The zero-order valence-electron chi connectivity index (χ0n) is 15.1. The number of aryl methyl sites for hydroxylation is 1. The van der Waals surface area contributed by atoms with Gasteiger partial charge in [-0.3, -0.25) is 0 Å². The minimum Gasteiger partial charge on any atom is -0.328 e. The Morgan fingerprint density at radius 2 is 1.77 bits per heavy atom. The van der Waals surface area contributed by atoms with E-state index in [1.54, 1.807) is 13.8 Å². The fourth-order valence-corrected chi connectivity index (χ4v) is 5.69. The summed E-state index contributed by atoms with van der Waals surface area (Å²) in [4.78, 5) is 0.0165. The molecule has 10 heteroatoms. The third-order valence-electron chi connectivity index (χ3n) is 4.29. The van der Waals surface area contributed by atoms with Crippen LogP contribution in [0, 0.1) is 6.92 Å². The summed E-state index contributed by atoms with van der Waals surface area (Å²) < 4.78 is 54.5. The normalized spacial score (nSPS) is 17.5. The first-order valence-electron chi connectivity index (χ1n) is 8.50. The van der Waals surface area contributed by atoms with Gasteiger partial charge in [-0.1, -0.05) is 12.5 Å². The maximum absolute atomic E-state index is 12.9. The number of nitrogens with one attached hydrogen (secondary N) is 1. The number of nitrogens with two attached hydrogens (primary N) is 1. The van der Waals surface area contributed by atoms with Crippen molar-refractivity contribution in [2.45, 2.75) is 55.4 Å². The number of halogens is 1. The molecule has 1 heterocycles. The first kappa shape index (κ1) is 23.3. The summed E-state index contributed by atoms with van der Waals surface area (Å²) in [5, 5.41) is 0. The topological polar surface area (TPSA) is 110 Å². The van der Waals surface area contributed by atoms with Crippen LogP contribution in [0.15, 0.2) is 28.0 Å². The van der Waals surface area contributed by atoms with Gasteiger partial charge in [-0.25, -0.2) is 21.6 Å². The molecule has 0 amide bonds. The molecular weight excluding hydrogens is 398 g/mol. The first-order valence-corrected chi connectivity index (χ1v) is 11.4. The minimum absolute atomic E-state index is 0. The summed E-state index contributed by atoms with van der Waals surface area (Å²) in [5.74, 6) is 0. The molecule has 1 aliphatic heterocycles. The zero-order valence-corrected chi connectivity index (χ0v) is 17.6. The molecule has 0 saturated carbocycles. The summed E-state index contributed by atoms with van der Waals surface area (Å²) >= 11 is 0. The van der Waals surface area contributed by atoms with Crippen molar-refractivity contribution in [1.29, 1.82) is 0 Å². The molecule has 1 atom stereocenters.